The van der Waals surface area contributed by atoms with Crippen LogP contribution < -0.4 is 4.90 Å². The number of carboxylic acid groups (broad SMARTS) is 1. The molecule has 6 nitrogen and oxygen atoms in total. The van der Waals surface area contributed by atoms with Crippen molar-refractivity contribution >= 4 is 21.6 Å². The third kappa shape index (κ3) is 3.04. The second kappa shape index (κ2) is 5.16. The molecular weight excluding hydrogens is 268 g/mol. The lowest BCUT2D eigenvalue weighted by Gasteiger charge is -2.35. The Balaban J connectivity index is 3.48. The number of hydrogen-bond acceptors (Lipinski definition) is 5. The lowest BCUT2D eigenvalue weighted by molar-refractivity contribution is -0.142. The molecule has 106 valence electrons. The normalized spacial score (nSPS) is 12.2. The molecule has 0 saturated carbocycles. The van der Waals surface area contributed by atoms with Crippen LogP contribution in [0, 0.1) is 0 Å². The number of carbonyl (C=O) groups is 1. The Bertz CT molecular complexity index is 581. The lowest BCUT2D eigenvalue weighted by Crippen LogP contribution is -2.51. The summed E-state index contributed by atoms with van der Waals surface area (Å²) in [6.45, 7) is 5.11. The Hall–Kier alpha value is -1.63. The van der Waals surface area contributed by atoms with Crippen molar-refractivity contribution in [2.75, 3.05) is 17.7 Å². The Morgan fingerprint density at radius 1 is 1.47 bits per heavy atom. The fourth-order valence-corrected chi connectivity index (χ4v) is 2.62. The van der Waals surface area contributed by atoms with Gasteiger partial charge in [0.15, 0.2) is 9.84 Å². The van der Waals surface area contributed by atoms with E-state index in [4.69, 9.17) is 0 Å². The van der Waals surface area contributed by atoms with Crippen molar-refractivity contribution in [3.05, 3.63) is 18.3 Å². The molecule has 19 heavy (non-hydrogen) atoms. The number of hydrogen-bond donors (Lipinski definition) is 1. The Kier molecular flexibility index (Phi) is 4.19. The fraction of sp³-hybridized carbons (Fsp3) is 0.500. The van der Waals surface area contributed by atoms with Gasteiger partial charge >= 0.3 is 5.97 Å². The van der Waals surface area contributed by atoms with Crippen molar-refractivity contribution in [1.29, 1.82) is 0 Å². The summed E-state index contributed by atoms with van der Waals surface area (Å²) in [4.78, 5) is 16.9. The van der Waals surface area contributed by atoms with Gasteiger partial charge in [0.25, 0.3) is 0 Å². The zero-order valence-electron chi connectivity index (χ0n) is 11.4. The van der Waals surface area contributed by atoms with Gasteiger partial charge in [0.2, 0.25) is 0 Å². The number of carboxylic acids is 1. The first-order valence-corrected chi connectivity index (χ1v) is 7.67. The quantitative estimate of drug-likeness (QED) is 0.874. The highest BCUT2D eigenvalue weighted by atomic mass is 32.2. The van der Waals surface area contributed by atoms with Gasteiger partial charge in [0.1, 0.15) is 16.3 Å². The molecule has 1 N–H and O–H groups in total. The van der Waals surface area contributed by atoms with Crippen LogP contribution in [0.1, 0.15) is 20.8 Å². The SMILES string of the molecule is CCN(c1ncccc1S(C)(=O)=O)C(C)(C)C(=O)O. The summed E-state index contributed by atoms with van der Waals surface area (Å²) < 4.78 is 23.5. The number of aliphatic carboxylic acids is 1. The van der Waals surface area contributed by atoms with E-state index in [0.717, 1.165) is 6.26 Å². The molecule has 0 bridgehead atoms. The molecular formula is C12H18N2O4S. The first-order chi connectivity index (χ1) is 8.62. The predicted octanol–water partition coefficient (Wildman–Crippen LogP) is 1.17. The molecule has 0 saturated heterocycles. The molecule has 7 heteroatoms. The van der Waals surface area contributed by atoms with Crippen molar-refractivity contribution in [2.45, 2.75) is 31.2 Å². The Morgan fingerprint density at radius 2 is 2.05 bits per heavy atom. The maximum absolute atomic E-state index is 11.8. The van der Waals surface area contributed by atoms with E-state index in [-0.39, 0.29) is 10.7 Å². The van der Waals surface area contributed by atoms with E-state index in [1.54, 1.807) is 6.92 Å². The Labute approximate surface area is 113 Å². The summed E-state index contributed by atoms with van der Waals surface area (Å²) in [6, 6.07) is 2.94. The molecule has 1 aromatic heterocycles. The van der Waals surface area contributed by atoms with Gasteiger partial charge in [-0.05, 0) is 32.9 Å². The summed E-state index contributed by atoms with van der Waals surface area (Å²) in [5, 5.41) is 9.28. The molecule has 0 aliphatic rings. The molecule has 0 radical (unpaired) electrons. The van der Waals surface area contributed by atoms with Gasteiger partial charge < -0.3 is 10.0 Å². The molecule has 0 aliphatic carbocycles. The second-order valence-electron chi connectivity index (χ2n) is 4.71. The van der Waals surface area contributed by atoms with Crippen molar-refractivity contribution < 1.29 is 18.3 Å². The van der Waals surface area contributed by atoms with Crippen LogP contribution in [0.3, 0.4) is 0 Å². The van der Waals surface area contributed by atoms with Crippen LogP contribution in [-0.2, 0) is 14.6 Å². The number of sulfone groups is 1. The van der Waals surface area contributed by atoms with Gasteiger partial charge in [-0.2, -0.15) is 0 Å². The largest absolute Gasteiger partial charge is 0.480 e. The molecule has 1 aromatic rings. The van der Waals surface area contributed by atoms with Crippen LogP contribution in [0.2, 0.25) is 0 Å². The minimum Gasteiger partial charge on any atom is -0.480 e. The lowest BCUT2D eigenvalue weighted by atomic mass is 10.0. The van der Waals surface area contributed by atoms with Crippen LogP contribution in [0.4, 0.5) is 5.82 Å². The fourth-order valence-electron chi connectivity index (χ4n) is 1.80. The standard InChI is InChI=1S/C12H18N2O4S/c1-5-14(12(2,3)11(15)16)10-9(19(4,17)18)7-6-8-13-10/h6-8H,5H2,1-4H3,(H,15,16). The van der Waals surface area contributed by atoms with Crippen molar-refractivity contribution in [2.24, 2.45) is 0 Å². The van der Waals surface area contributed by atoms with Gasteiger partial charge in [0.05, 0.1) is 0 Å². The van der Waals surface area contributed by atoms with Crippen LogP contribution in [0.5, 0.6) is 0 Å². The zero-order valence-corrected chi connectivity index (χ0v) is 12.2. The minimum absolute atomic E-state index is 0.0335. The third-order valence-corrected chi connectivity index (χ3v) is 4.04. The molecule has 1 heterocycles. The van der Waals surface area contributed by atoms with Gasteiger partial charge in [-0.15, -0.1) is 0 Å². The first-order valence-electron chi connectivity index (χ1n) is 5.78. The molecule has 0 amide bonds. The maximum atomic E-state index is 11.8. The van der Waals surface area contributed by atoms with E-state index in [1.807, 2.05) is 0 Å². The molecule has 0 aliphatic heterocycles. The van der Waals surface area contributed by atoms with Gasteiger partial charge in [0, 0.05) is 19.0 Å². The molecule has 0 unspecified atom stereocenters. The highest BCUT2D eigenvalue weighted by Crippen LogP contribution is 2.28. The zero-order chi connectivity index (χ0) is 14.8. The number of pyridine rings is 1. The van der Waals surface area contributed by atoms with E-state index in [2.05, 4.69) is 4.98 Å². The summed E-state index contributed by atoms with van der Waals surface area (Å²) in [6.07, 6.45) is 2.53. The van der Waals surface area contributed by atoms with E-state index < -0.39 is 21.3 Å². The average molecular weight is 286 g/mol. The van der Waals surface area contributed by atoms with Crippen LogP contribution in [0.15, 0.2) is 23.2 Å². The van der Waals surface area contributed by atoms with E-state index in [1.165, 1.54) is 37.1 Å². The minimum atomic E-state index is -3.47. The number of aromatic nitrogens is 1. The first kappa shape index (κ1) is 15.4. The van der Waals surface area contributed by atoms with Crippen LogP contribution in [-0.4, -0.2) is 42.8 Å². The van der Waals surface area contributed by atoms with Crippen molar-refractivity contribution in [3.63, 3.8) is 0 Å². The highest BCUT2D eigenvalue weighted by molar-refractivity contribution is 7.90. The van der Waals surface area contributed by atoms with Gasteiger partial charge in [-0.3, -0.25) is 0 Å². The van der Waals surface area contributed by atoms with Crippen LogP contribution in [0.25, 0.3) is 0 Å². The van der Waals surface area contributed by atoms with Crippen LogP contribution >= 0.6 is 0 Å². The smallest absolute Gasteiger partial charge is 0.328 e. The number of nitrogens with zero attached hydrogens (tertiary/aromatic N) is 2. The molecule has 0 aromatic carbocycles. The topological polar surface area (TPSA) is 87.6 Å². The predicted molar refractivity (Wildman–Crippen MR) is 72.1 cm³/mol. The molecule has 0 atom stereocenters. The highest BCUT2D eigenvalue weighted by Gasteiger charge is 2.36. The van der Waals surface area contributed by atoms with Crippen molar-refractivity contribution in [3.8, 4) is 0 Å². The van der Waals surface area contributed by atoms with E-state index in [9.17, 15) is 18.3 Å². The van der Waals surface area contributed by atoms with E-state index in [0.29, 0.717) is 6.54 Å². The summed E-state index contributed by atoms with van der Waals surface area (Å²) >= 11 is 0. The molecule has 0 spiro atoms. The van der Waals surface area contributed by atoms with Gasteiger partial charge in [-0.25, -0.2) is 18.2 Å². The second-order valence-corrected chi connectivity index (χ2v) is 6.69. The number of likely N-dealkylation sites (N-methyl/N-ethyl adjacent to an activating group) is 1. The summed E-state index contributed by atoms with van der Waals surface area (Å²) in [5.41, 5.74) is -1.25. The average Bonchev–Trinajstić information content (AvgIpc) is 2.28. The maximum Gasteiger partial charge on any atom is 0.328 e. The summed E-state index contributed by atoms with van der Waals surface area (Å²) in [7, 11) is -3.47. The third-order valence-electron chi connectivity index (χ3n) is 2.92. The molecule has 0 fully saturated rings. The summed E-state index contributed by atoms with van der Waals surface area (Å²) in [5.74, 6) is -0.876. The monoisotopic (exact) mass is 286 g/mol. The van der Waals surface area contributed by atoms with E-state index >= 15 is 0 Å². The Morgan fingerprint density at radius 3 is 2.47 bits per heavy atom. The van der Waals surface area contributed by atoms with Gasteiger partial charge in [-0.1, -0.05) is 0 Å². The van der Waals surface area contributed by atoms with Crippen molar-refractivity contribution in [1.82, 2.24) is 4.98 Å². The molecule has 1 rings (SSSR count). The number of anilines is 1. The number of rotatable bonds is 5.